The summed E-state index contributed by atoms with van der Waals surface area (Å²) in [6.07, 6.45) is 4.49. The number of nitrogens with one attached hydrogen (secondary N) is 2. The first kappa shape index (κ1) is 25.7. The molecule has 196 valence electrons. The predicted molar refractivity (Wildman–Crippen MR) is 145 cm³/mol. The number of nitrogens with zero attached hydrogens (tertiary/aromatic N) is 2. The first-order valence-corrected chi connectivity index (χ1v) is 12.8. The first-order valence-electron chi connectivity index (χ1n) is 12.8. The summed E-state index contributed by atoms with van der Waals surface area (Å²) in [5.74, 6) is 0.155. The van der Waals surface area contributed by atoms with E-state index in [2.05, 4.69) is 56.6 Å². The monoisotopic (exact) mass is 512 g/mol. The number of benzene rings is 3. The van der Waals surface area contributed by atoms with Crippen LogP contribution in [0.15, 0.2) is 85.3 Å². The van der Waals surface area contributed by atoms with Crippen LogP contribution in [0.2, 0.25) is 0 Å². The summed E-state index contributed by atoms with van der Waals surface area (Å²) in [6.45, 7) is 1.13. The normalized spacial score (nSPS) is 14.7. The summed E-state index contributed by atoms with van der Waals surface area (Å²) in [6, 6.07) is 23.7. The summed E-state index contributed by atoms with van der Waals surface area (Å²) in [7, 11) is 0. The minimum absolute atomic E-state index is 0.00601. The number of rotatable bonds is 10. The Balaban J connectivity index is 1.25. The maximum absolute atomic E-state index is 12.8. The molecular weight excluding hydrogens is 480 g/mol. The fraction of sp³-hybridized carbons (Fsp3) is 0.267. The van der Waals surface area contributed by atoms with Gasteiger partial charge in [-0.3, -0.25) is 4.79 Å². The lowest BCUT2D eigenvalue weighted by atomic mass is 9.97. The van der Waals surface area contributed by atoms with E-state index >= 15 is 0 Å². The molecule has 4 N–H and O–H groups in total. The van der Waals surface area contributed by atoms with Crippen LogP contribution in [0.5, 0.6) is 5.75 Å². The van der Waals surface area contributed by atoms with Crippen molar-refractivity contribution in [1.82, 2.24) is 20.2 Å². The van der Waals surface area contributed by atoms with Gasteiger partial charge in [0.05, 0.1) is 43.4 Å². The van der Waals surface area contributed by atoms with Crippen LogP contribution in [0.3, 0.4) is 0 Å². The van der Waals surface area contributed by atoms with Crippen LogP contribution >= 0.6 is 0 Å². The second-order valence-corrected chi connectivity index (χ2v) is 9.41. The third-order valence-corrected chi connectivity index (χ3v) is 6.84. The van der Waals surface area contributed by atoms with Gasteiger partial charge in [0.25, 0.3) is 5.91 Å². The number of hydrogen-bond acceptors (Lipinski definition) is 6. The zero-order valence-corrected chi connectivity index (χ0v) is 21.1. The number of carbonyl (C=O) groups is 1. The third-order valence-electron chi connectivity index (χ3n) is 6.84. The largest absolute Gasteiger partial charge is 0.492 e. The Hall–Kier alpha value is -3.98. The molecule has 38 heavy (non-hydrogen) atoms. The highest BCUT2D eigenvalue weighted by molar-refractivity contribution is 5.97. The molecule has 8 heteroatoms. The SMILES string of the molecule is O=C(NC(CO)CO)c1cccc2c1OCCC2NCc1cncn1Cc1ccc(-c2ccccc2)cc1. The summed E-state index contributed by atoms with van der Waals surface area (Å²) in [4.78, 5) is 17.1. The van der Waals surface area contributed by atoms with Crippen molar-refractivity contribution in [2.45, 2.75) is 31.6 Å². The zero-order chi connectivity index (χ0) is 26.3. The van der Waals surface area contributed by atoms with E-state index in [1.54, 1.807) is 6.07 Å². The van der Waals surface area contributed by atoms with Crippen molar-refractivity contribution < 1.29 is 19.7 Å². The first-order chi connectivity index (χ1) is 18.7. The van der Waals surface area contributed by atoms with Gasteiger partial charge in [0.15, 0.2) is 0 Å². The highest BCUT2D eigenvalue weighted by atomic mass is 16.5. The molecule has 8 nitrogen and oxygen atoms in total. The number of aliphatic hydroxyl groups is 2. The molecule has 5 rings (SSSR count). The van der Waals surface area contributed by atoms with Gasteiger partial charge in [0.1, 0.15) is 5.75 Å². The number of carbonyl (C=O) groups excluding carboxylic acids is 1. The second-order valence-electron chi connectivity index (χ2n) is 9.41. The molecule has 0 saturated heterocycles. The zero-order valence-electron chi connectivity index (χ0n) is 21.1. The van der Waals surface area contributed by atoms with Gasteiger partial charge >= 0.3 is 0 Å². The average Bonchev–Trinajstić information content (AvgIpc) is 3.41. The highest BCUT2D eigenvalue weighted by Gasteiger charge is 2.26. The van der Waals surface area contributed by atoms with E-state index in [0.29, 0.717) is 24.5 Å². The van der Waals surface area contributed by atoms with Crippen LogP contribution in [0.4, 0.5) is 0 Å². The number of fused-ring (bicyclic) bond motifs is 1. The van der Waals surface area contributed by atoms with E-state index in [1.165, 1.54) is 16.7 Å². The average molecular weight is 513 g/mol. The molecular formula is C30H32N4O4. The van der Waals surface area contributed by atoms with E-state index in [-0.39, 0.29) is 25.2 Å². The van der Waals surface area contributed by atoms with Crippen molar-refractivity contribution in [3.8, 4) is 16.9 Å². The van der Waals surface area contributed by atoms with Gasteiger partial charge in [-0.2, -0.15) is 0 Å². The number of amides is 1. The topological polar surface area (TPSA) is 109 Å². The van der Waals surface area contributed by atoms with E-state index in [4.69, 9.17) is 4.74 Å². The van der Waals surface area contributed by atoms with Crippen LogP contribution in [0, 0.1) is 0 Å². The minimum atomic E-state index is -0.717. The summed E-state index contributed by atoms with van der Waals surface area (Å²) >= 11 is 0. The van der Waals surface area contributed by atoms with Crippen molar-refractivity contribution in [3.05, 3.63) is 108 Å². The number of hydrogen-bond donors (Lipinski definition) is 4. The molecule has 0 radical (unpaired) electrons. The molecule has 1 amide bonds. The Labute approximate surface area is 221 Å². The van der Waals surface area contributed by atoms with E-state index in [0.717, 1.165) is 24.2 Å². The van der Waals surface area contributed by atoms with Crippen molar-refractivity contribution in [2.75, 3.05) is 19.8 Å². The Morgan fingerprint density at radius 1 is 1.00 bits per heavy atom. The van der Waals surface area contributed by atoms with E-state index < -0.39 is 6.04 Å². The lowest BCUT2D eigenvalue weighted by Crippen LogP contribution is -2.40. The van der Waals surface area contributed by atoms with Gasteiger partial charge < -0.3 is 30.2 Å². The molecule has 0 saturated carbocycles. The summed E-state index contributed by atoms with van der Waals surface area (Å²) in [5.41, 5.74) is 5.95. The van der Waals surface area contributed by atoms with Crippen LogP contribution < -0.4 is 15.4 Å². The maximum atomic E-state index is 12.8. The molecule has 4 aromatic rings. The Morgan fingerprint density at radius 2 is 1.76 bits per heavy atom. The fourth-order valence-corrected chi connectivity index (χ4v) is 4.72. The lowest BCUT2D eigenvalue weighted by Gasteiger charge is -2.28. The molecule has 3 aromatic carbocycles. The van der Waals surface area contributed by atoms with Crippen molar-refractivity contribution in [2.24, 2.45) is 0 Å². The number of para-hydroxylation sites is 1. The van der Waals surface area contributed by atoms with Crippen molar-refractivity contribution in [1.29, 1.82) is 0 Å². The van der Waals surface area contributed by atoms with Gasteiger partial charge in [-0.05, 0) is 22.8 Å². The van der Waals surface area contributed by atoms with Crippen molar-refractivity contribution in [3.63, 3.8) is 0 Å². The minimum Gasteiger partial charge on any atom is -0.492 e. The maximum Gasteiger partial charge on any atom is 0.255 e. The molecule has 1 aromatic heterocycles. The standard InChI is InChI=1S/C30H32N4O4/c35-18-24(19-36)33-30(37)27-8-4-7-26-28(13-14-38-29(26)27)32-16-25-15-31-20-34(25)17-21-9-11-23(12-10-21)22-5-2-1-3-6-22/h1-12,15,20,24,28,32,35-36H,13-14,16-19H2,(H,33,37). The van der Waals surface area contributed by atoms with Gasteiger partial charge in [0.2, 0.25) is 0 Å². The van der Waals surface area contributed by atoms with Crippen LogP contribution in [0.25, 0.3) is 11.1 Å². The molecule has 0 spiro atoms. The van der Waals surface area contributed by atoms with Gasteiger partial charge in [-0.1, -0.05) is 66.7 Å². The quantitative estimate of drug-likeness (QED) is 0.260. The summed E-state index contributed by atoms with van der Waals surface area (Å²) < 4.78 is 8.03. The molecule has 0 aliphatic carbocycles. The van der Waals surface area contributed by atoms with Gasteiger partial charge in [-0.25, -0.2) is 4.98 Å². The van der Waals surface area contributed by atoms with Crippen LogP contribution in [-0.4, -0.2) is 51.5 Å². The van der Waals surface area contributed by atoms with Crippen LogP contribution in [0.1, 0.15) is 39.6 Å². The Morgan fingerprint density at radius 3 is 2.53 bits per heavy atom. The molecule has 1 aliphatic heterocycles. The smallest absolute Gasteiger partial charge is 0.255 e. The number of aromatic nitrogens is 2. The molecule has 0 fully saturated rings. The fourth-order valence-electron chi connectivity index (χ4n) is 4.72. The van der Waals surface area contributed by atoms with E-state index in [9.17, 15) is 15.0 Å². The van der Waals surface area contributed by atoms with Gasteiger partial charge in [-0.15, -0.1) is 0 Å². The molecule has 1 unspecified atom stereocenters. The van der Waals surface area contributed by atoms with Crippen LogP contribution in [-0.2, 0) is 13.1 Å². The Bertz CT molecular complexity index is 1350. The molecule has 0 bridgehead atoms. The van der Waals surface area contributed by atoms with Gasteiger partial charge in [0, 0.05) is 37.3 Å². The molecule has 1 aliphatic rings. The predicted octanol–water partition coefficient (Wildman–Crippen LogP) is 3.29. The highest BCUT2D eigenvalue weighted by Crippen LogP contribution is 2.35. The van der Waals surface area contributed by atoms with Crippen molar-refractivity contribution >= 4 is 5.91 Å². The lowest BCUT2D eigenvalue weighted by molar-refractivity contribution is 0.0873. The Kier molecular flexibility index (Phi) is 8.13. The summed E-state index contributed by atoms with van der Waals surface area (Å²) in [5, 5.41) is 24.9. The number of ether oxygens (including phenoxy) is 1. The molecule has 2 heterocycles. The third kappa shape index (κ3) is 5.78. The second kappa shape index (κ2) is 12.0. The number of imidazole rings is 1. The van der Waals surface area contributed by atoms with E-state index in [1.807, 2.05) is 42.9 Å². The molecule has 1 atom stereocenters. The number of aliphatic hydroxyl groups excluding tert-OH is 2.